The highest BCUT2D eigenvalue weighted by Crippen LogP contribution is 2.20. The summed E-state index contributed by atoms with van der Waals surface area (Å²) in [6.07, 6.45) is 1.45. The zero-order valence-electron chi connectivity index (χ0n) is 10.9. The fourth-order valence-corrected chi connectivity index (χ4v) is 2.08. The van der Waals surface area contributed by atoms with Crippen LogP contribution in [0.15, 0.2) is 45.8 Å². The number of nitrogens with one attached hydrogen (secondary N) is 1. The normalized spacial score (nSPS) is 10.3. The Bertz CT molecular complexity index is 710. The van der Waals surface area contributed by atoms with Crippen LogP contribution in [0.5, 0.6) is 0 Å². The standard InChI is InChI=1S/C14H14BrN3O2/c1-9-2-4-11(6-12(9)15)17-13(19)8-18-7-10(16)3-5-14(18)20/h2-7H,8,16H2,1H3,(H,17,19). The van der Waals surface area contributed by atoms with Crippen LogP contribution < -0.4 is 16.6 Å². The highest BCUT2D eigenvalue weighted by Gasteiger charge is 2.06. The van der Waals surface area contributed by atoms with Crippen molar-refractivity contribution in [2.75, 3.05) is 11.1 Å². The molecule has 0 aliphatic heterocycles. The molecule has 0 bridgehead atoms. The van der Waals surface area contributed by atoms with E-state index >= 15 is 0 Å². The maximum atomic E-state index is 11.9. The average Bonchev–Trinajstić information content (AvgIpc) is 2.38. The van der Waals surface area contributed by atoms with Gasteiger partial charge in [-0.05, 0) is 30.7 Å². The Balaban J connectivity index is 2.11. The van der Waals surface area contributed by atoms with E-state index in [-0.39, 0.29) is 18.0 Å². The molecule has 2 rings (SSSR count). The molecular formula is C14H14BrN3O2. The van der Waals surface area contributed by atoms with Gasteiger partial charge in [-0.1, -0.05) is 22.0 Å². The maximum absolute atomic E-state index is 11.9. The number of carbonyl (C=O) groups is 1. The second-order valence-electron chi connectivity index (χ2n) is 4.44. The molecule has 6 heteroatoms. The minimum atomic E-state index is -0.284. The molecular weight excluding hydrogens is 322 g/mol. The first-order valence-corrected chi connectivity index (χ1v) is 6.77. The van der Waals surface area contributed by atoms with E-state index in [4.69, 9.17) is 5.73 Å². The van der Waals surface area contributed by atoms with Crippen molar-refractivity contribution < 1.29 is 4.79 Å². The van der Waals surface area contributed by atoms with Crippen LogP contribution in [-0.4, -0.2) is 10.5 Å². The zero-order valence-corrected chi connectivity index (χ0v) is 12.5. The van der Waals surface area contributed by atoms with E-state index in [1.54, 1.807) is 6.07 Å². The summed E-state index contributed by atoms with van der Waals surface area (Å²) >= 11 is 3.40. The van der Waals surface area contributed by atoms with Gasteiger partial charge in [-0.25, -0.2) is 0 Å². The van der Waals surface area contributed by atoms with E-state index in [0.29, 0.717) is 11.4 Å². The Kier molecular flexibility index (Phi) is 4.24. The third-order valence-corrected chi connectivity index (χ3v) is 3.63. The molecule has 20 heavy (non-hydrogen) atoms. The van der Waals surface area contributed by atoms with E-state index < -0.39 is 0 Å². The fourth-order valence-electron chi connectivity index (χ4n) is 1.70. The second-order valence-corrected chi connectivity index (χ2v) is 5.30. The van der Waals surface area contributed by atoms with Crippen molar-refractivity contribution in [2.45, 2.75) is 13.5 Å². The first-order chi connectivity index (χ1) is 9.45. The van der Waals surface area contributed by atoms with Crippen molar-refractivity contribution in [3.05, 3.63) is 56.9 Å². The summed E-state index contributed by atoms with van der Waals surface area (Å²) in [6.45, 7) is 1.89. The number of amides is 1. The summed E-state index contributed by atoms with van der Waals surface area (Å²) < 4.78 is 2.19. The van der Waals surface area contributed by atoms with E-state index in [9.17, 15) is 9.59 Å². The predicted octanol–water partition coefficient (Wildman–Crippen LogP) is 2.14. The molecule has 0 saturated carbocycles. The molecule has 2 aromatic rings. The van der Waals surface area contributed by atoms with Gasteiger partial charge in [0, 0.05) is 28.1 Å². The minimum Gasteiger partial charge on any atom is -0.398 e. The van der Waals surface area contributed by atoms with E-state index in [0.717, 1.165) is 10.0 Å². The van der Waals surface area contributed by atoms with Crippen LogP contribution in [0.2, 0.25) is 0 Å². The molecule has 0 unspecified atom stereocenters. The smallest absolute Gasteiger partial charge is 0.251 e. The molecule has 1 amide bonds. The van der Waals surface area contributed by atoms with E-state index in [1.807, 2.05) is 19.1 Å². The quantitative estimate of drug-likeness (QED) is 0.902. The van der Waals surface area contributed by atoms with Crippen LogP contribution >= 0.6 is 15.9 Å². The maximum Gasteiger partial charge on any atom is 0.251 e. The van der Waals surface area contributed by atoms with Crippen molar-refractivity contribution in [1.29, 1.82) is 0 Å². The van der Waals surface area contributed by atoms with Crippen molar-refractivity contribution in [3.8, 4) is 0 Å². The Morgan fingerprint density at radius 3 is 2.80 bits per heavy atom. The summed E-state index contributed by atoms with van der Waals surface area (Å²) in [7, 11) is 0. The lowest BCUT2D eigenvalue weighted by Crippen LogP contribution is -2.27. The molecule has 5 nitrogen and oxygen atoms in total. The first kappa shape index (κ1) is 14.3. The van der Waals surface area contributed by atoms with Gasteiger partial charge < -0.3 is 15.6 Å². The van der Waals surface area contributed by atoms with Gasteiger partial charge in [0.25, 0.3) is 5.56 Å². The van der Waals surface area contributed by atoms with Gasteiger partial charge >= 0.3 is 0 Å². The summed E-state index contributed by atoms with van der Waals surface area (Å²) in [4.78, 5) is 23.5. The van der Waals surface area contributed by atoms with Crippen LogP contribution in [-0.2, 0) is 11.3 Å². The number of nitrogen functional groups attached to an aromatic ring is 1. The monoisotopic (exact) mass is 335 g/mol. The Morgan fingerprint density at radius 1 is 1.35 bits per heavy atom. The minimum absolute atomic E-state index is 0.0740. The molecule has 1 aromatic carbocycles. The predicted molar refractivity (Wildman–Crippen MR) is 82.6 cm³/mol. The largest absolute Gasteiger partial charge is 0.398 e. The SMILES string of the molecule is Cc1ccc(NC(=O)Cn2cc(N)ccc2=O)cc1Br. The number of rotatable bonds is 3. The number of hydrogen-bond donors (Lipinski definition) is 2. The van der Waals surface area contributed by atoms with Gasteiger partial charge in [-0.3, -0.25) is 9.59 Å². The Morgan fingerprint density at radius 2 is 2.10 bits per heavy atom. The van der Waals surface area contributed by atoms with Crippen LogP contribution in [0, 0.1) is 6.92 Å². The van der Waals surface area contributed by atoms with Gasteiger partial charge in [0.1, 0.15) is 6.54 Å². The molecule has 0 fully saturated rings. The number of benzene rings is 1. The fraction of sp³-hybridized carbons (Fsp3) is 0.143. The Hall–Kier alpha value is -2.08. The lowest BCUT2D eigenvalue weighted by molar-refractivity contribution is -0.116. The number of carbonyl (C=O) groups excluding carboxylic acids is 1. The number of halogens is 1. The van der Waals surface area contributed by atoms with E-state index in [1.165, 1.54) is 22.9 Å². The van der Waals surface area contributed by atoms with Crippen LogP contribution in [0.4, 0.5) is 11.4 Å². The zero-order chi connectivity index (χ0) is 14.7. The number of nitrogens with zero attached hydrogens (tertiary/aromatic N) is 1. The number of nitrogens with two attached hydrogens (primary N) is 1. The molecule has 0 radical (unpaired) electrons. The Labute approximate surface area is 124 Å². The number of hydrogen-bond acceptors (Lipinski definition) is 3. The lowest BCUT2D eigenvalue weighted by atomic mass is 10.2. The number of aryl methyl sites for hydroxylation is 1. The molecule has 104 valence electrons. The summed E-state index contributed by atoms with van der Waals surface area (Å²) in [5.41, 5.74) is 7.52. The number of aromatic nitrogens is 1. The van der Waals surface area contributed by atoms with Crippen LogP contribution in [0.25, 0.3) is 0 Å². The summed E-state index contributed by atoms with van der Waals surface area (Å²) in [5, 5.41) is 2.74. The van der Waals surface area contributed by atoms with Crippen molar-refractivity contribution >= 4 is 33.2 Å². The average molecular weight is 336 g/mol. The van der Waals surface area contributed by atoms with Crippen LogP contribution in [0.1, 0.15) is 5.56 Å². The topological polar surface area (TPSA) is 77.1 Å². The van der Waals surface area contributed by atoms with E-state index in [2.05, 4.69) is 21.2 Å². The molecule has 0 aliphatic rings. The molecule has 1 heterocycles. The molecule has 3 N–H and O–H groups in total. The molecule has 0 atom stereocenters. The number of pyridine rings is 1. The van der Waals surface area contributed by atoms with Gasteiger partial charge in [-0.15, -0.1) is 0 Å². The highest BCUT2D eigenvalue weighted by molar-refractivity contribution is 9.10. The van der Waals surface area contributed by atoms with Crippen molar-refractivity contribution in [1.82, 2.24) is 4.57 Å². The van der Waals surface area contributed by atoms with Crippen LogP contribution in [0.3, 0.4) is 0 Å². The summed E-state index contributed by atoms with van der Waals surface area (Å²) in [5.74, 6) is -0.284. The molecule has 0 saturated heterocycles. The van der Waals surface area contributed by atoms with Crippen molar-refractivity contribution in [2.24, 2.45) is 0 Å². The van der Waals surface area contributed by atoms with Gasteiger partial charge in [0.05, 0.1) is 0 Å². The van der Waals surface area contributed by atoms with Gasteiger partial charge in [0.2, 0.25) is 5.91 Å². The van der Waals surface area contributed by atoms with Gasteiger partial charge in [-0.2, -0.15) is 0 Å². The first-order valence-electron chi connectivity index (χ1n) is 5.97. The third-order valence-electron chi connectivity index (χ3n) is 2.78. The van der Waals surface area contributed by atoms with Gasteiger partial charge in [0.15, 0.2) is 0 Å². The lowest BCUT2D eigenvalue weighted by Gasteiger charge is -2.09. The molecule has 0 aliphatic carbocycles. The summed E-state index contributed by atoms with van der Waals surface area (Å²) in [6, 6.07) is 8.36. The molecule has 1 aromatic heterocycles. The molecule has 0 spiro atoms. The second kappa shape index (κ2) is 5.92. The number of anilines is 2. The third kappa shape index (κ3) is 3.48. The van der Waals surface area contributed by atoms with Crippen molar-refractivity contribution in [3.63, 3.8) is 0 Å². The highest BCUT2D eigenvalue weighted by atomic mass is 79.9.